The van der Waals surface area contributed by atoms with Crippen LogP contribution in [0.5, 0.6) is 0 Å². The molecule has 0 saturated carbocycles. The van der Waals surface area contributed by atoms with Gasteiger partial charge in [-0.25, -0.2) is 4.68 Å². The van der Waals surface area contributed by atoms with Gasteiger partial charge >= 0.3 is 0 Å². The van der Waals surface area contributed by atoms with Gasteiger partial charge in [0.05, 0.1) is 27.6 Å². The van der Waals surface area contributed by atoms with Crippen LogP contribution in [0.1, 0.15) is 15.9 Å². The number of rotatable bonds is 3. The fraction of sp³-hybridized carbons (Fsp3) is 0.0588. The molecule has 1 N–H and O–H groups in total. The molecule has 0 fully saturated rings. The van der Waals surface area contributed by atoms with Gasteiger partial charge in [0.25, 0.3) is 5.91 Å². The summed E-state index contributed by atoms with van der Waals surface area (Å²) in [6, 6.07) is 13.3. The molecular formula is C17H13BrIN3O. The van der Waals surface area contributed by atoms with Crippen LogP contribution in [-0.4, -0.2) is 15.7 Å². The Kier molecular flexibility index (Phi) is 4.82. The molecule has 1 heterocycles. The zero-order chi connectivity index (χ0) is 16.4. The first-order valence-electron chi connectivity index (χ1n) is 6.92. The molecule has 1 aromatic heterocycles. The van der Waals surface area contributed by atoms with Crippen molar-refractivity contribution in [2.75, 3.05) is 5.32 Å². The van der Waals surface area contributed by atoms with Crippen LogP contribution >= 0.6 is 38.5 Å². The average molecular weight is 482 g/mol. The first-order valence-corrected chi connectivity index (χ1v) is 8.79. The maximum atomic E-state index is 12.6. The highest BCUT2D eigenvalue weighted by molar-refractivity contribution is 14.1. The van der Waals surface area contributed by atoms with Crippen LogP contribution in [0, 0.1) is 10.5 Å². The van der Waals surface area contributed by atoms with Crippen molar-refractivity contribution in [2.45, 2.75) is 6.92 Å². The molecule has 0 saturated heterocycles. The maximum Gasteiger partial charge on any atom is 0.256 e. The summed E-state index contributed by atoms with van der Waals surface area (Å²) in [7, 11) is 0. The quantitative estimate of drug-likeness (QED) is 0.546. The van der Waals surface area contributed by atoms with Crippen molar-refractivity contribution in [1.82, 2.24) is 9.78 Å². The lowest BCUT2D eigenvalue weighted by atomic mass is 10.1. The number of aromatic nitrogens is 2. The molecule has 1 amide bonds. The minimum absolute atomic E-state index is 0.128. The van der Waals surface area contributed by atoms with Crippen LogP contribution in [0.25, 0.3) is 5.69 Å². The number of carbonyl (C=O) groups is 1. The van der Waals surface area contributed by atoms with Crippen LogP contribution < -0.4 is 5.32 Å². The largest absolute Gasteiger partial charge is 0.320 e. The lowest BCUT2D eigenvalue weighted by Crippen LogP contribution is -2.15. The SMILES string of the molecule is Cc1cccc(C(=O)Nc2ccccc2-n2cc(Br)cn2)c1I. The Morgan fingerprint density at radius 1 is 1.22 bits per heavy atom. The summed E-state index contributed by atoms with van der Waals surface area (Å²) in [4.78, 5) is 12.6. The van der Waals surface area contributed by atoms with Gasteiger partial charge in [-0.1, -0.05) is 24.3 Å². The van der Waals surface area contributed by atoms with E-state index < -0.39 is 0 Å². The van der Waals surface area contributed by atoms with Crippen molar-refractivity contribution in [3.05, 3.63) is 74.0 Å². The van der Waals surface area contributed by atoms with E-state index in [1.807, 2.05) is 55.6 Å². The van der Waals surface area contributed by atoms with Crippen molar-refractivity contribution >= 4 is 50.1 Å². The standard InChI is InChI=1S/C17H13BrIN3O/c1-11-5-4-6-13(16(11)19)17(23)21-14-7-2-3-8-15(14)22-10-12(18)9-20-22/h2-10H,1H3,(H,21,23). The Labute approximate surface area is 156 Å². The second kappa shape index (κ2) is 6.84. The van der Waals surface area contributed by atoms with Crippen LogP contribution in [0.3, 0.4) is 0 Å². The first-order chi connectivity index (χ1) is 11.1. The van der Waals surface area contributed by atoms with E-state index in [1.54, 1.807) is 10.9 Å². The molecule has 3 aromatic rings. The number of para-hydroxylation sites is 2. The Balaban J connectivity index is 1.95. The van der Waals surface area contributed by atoms with Crippen molar-refractivity contribution in [3.8, 4) is 5.69 Å². The highest BCUT2D eigenvalue weighted by Crippen LogP contribution is 2.23. The number of anilines is 1. The van der Waals surface area contributed by atoms with Gasteiger partial charge in [-0.3, -0.25) is 4.79 Å². The fourth-order valence-electron chi connectivity index (χ4n) is 2.22. The first kappa shape index (κ1) is 16.2. The third kappa shape index (κ3) is 3.48. The number of nitrogens with zero attached hydrogens (tertiary/aromatic N) is 2. The number of hydrogen-bond donors (Lipinski definition) is 1. The zero-order valence-corrected chi connectivity index (χ0v) is 16.0. The lowest BCUT2D eigenvalue weighted by Gasteiger charge is -2.12. The van der Waals surface area contributed by atoms with E-state index in [0.717, 1.165) is 19.3 Å². The summed E-state index contributed by atoms with van der Waals surface area (Å²) in [5.41, 5.74) is 3.28. The molecule has 2 aromatic carbocycles. The molecule has 6 heteroatoms. The molecule has 0 aliphatic carbocycles. The second-order valence-electron chi connectivity index (χ2n) is 5.01. The van der Waals surface area contributed by atoms with Gasteiger partial charge in [0, 0.05) is 9.77 Å². The van der Waals surface area contributed by atoms with Crippen LogP contribution in [0.2, 0.25) is 0 Å². The monoisotopic (exact) mass is 481 g/mol. The van der Waals surface area contributed by atoms with Gasteiger partial charge in [-0.15, -0.1) is 0 Å². The van der Waals surface area contributed by atoms with Crippen molar-refractivity contribution in [2.24, 2.45) is 0 Å². The van der Waals surface area contributed by atoms with Gasteiger partial charge < -0.3 is 5.32 Å². The van der Waals surface area contributed by atoms with Crippen molar-refractivity contribution in [3.63, 3.8) is 0 Å². The topological polar surface area (TPSA) is 46.9 Å². The van der Waals surface area contributed by atoms with Gasteiger partial charge in [0.15, 0.2) is 0 Å². The number of benzene rings is 2. The maximum absolute atomic E-state index is 12.6. The molecule has 23 heavy (non-hydrogen) atoms. The Morgan fingerprint density at radius 3 is 2.74 bits per heavy atom. The average Bonchev–Trinajstić information content (AvgIpc) is 2.97. The van der Waals surface area contributed by atoms with E-state index >= 15 is 0 Å². The third-order valence-corrected chi connectivity index (χ3v) is 5.23. The molecule has 4 nitrogen and oxygen atoms in total. The van der Waals surface area contributed by atoms with Crippen LogP contribution in [0.4, 0.5) is 5.69 Å². The third-order valence-electron chi connectivity index (χ3n) is 3.39. The highest BCUT2D eigenvalue weighted by atomic mass is 127. The minimum Gasteiger partial charge on any atom is -0.320 e. The summed E-state index contributed by atoms with van der Waals surface area (Å²) in [5, 5.41) is 7.26. The smallest absolute Gasteiger partial charge is 0.256 e. The zero-order valence-electron chi connectivity index (χ0n) is 12.3. The van der Waals surface area contributed by atoms with Crippen LogP contribution in [-0.2, 0) is 0 Å². The van der Waals surface area contributed by atoms with E-state index in [9.17, 15) is 4.79 Å². The second-order valence-corrected chi connectivity index (χ2v) is 7.01. The molecule has 0 radical (unpaired) electrons. The Morgan fingerprint density at radius 2 is 2.00 bits per heavy atom. The van der Waals surface area contributed by atoms with E-state index in [2.05, 4.69) is 48.9 Å². The van der Waals surface area contributed by atoms with Crippen molar-refractivity contribution < 1.29 is 4.79 Å². The van der Waals surface area contributed by atoms with Gasteiger partial charge in [0.2, 0.25) is 0 Å². The number of hydrogen-bond acceptors (Lipinski definition) is 2. The predicted molar refractivity (Wildman–Crippen MR) is 103 cm³/mol. The summed E-state index contributed by atoms with van der Waals surface area (Å²) < 4.78 is 3.56. The Hall–Kier alpha value is -1.67. The molecule has 3 rings (SSSR count). The van der Waals surface area contributed by atoms with E-state index in [-0.39, 0.29) is 5.91 Å². The number of carbonyl (C=O) groups excluding carboxylic acids is 1. The molecule has 0 aliphatic rings. The van der Waals surface area contributed by atoms with E-state index in [4.69, 9.17) is 0 Å². The molecule has 116 valence electrons. The minimum atomic E-state index is -0.128. The van der Waals surface area contributed by atoms with Crippen molar-refractivity contribution in [1.29, 1.82) is 0 Å². The predicted octanol–water partition coefficient (Wildman–Crippen LogP) is 4.80. The summed E-state index contributed by atoms with van der Waals surface area (Å²) >= 11 is 5.59. The normalized spacial score (nSPS) is 10.6. The summed E-state index contributed by atoms with van der Waals surface area (Å²) in [6.07, 6.45) is 3.56. The van der Waals surface area contributed by atoms with Crippen LogP contribution in [0.15, 0.2) is 59.3 Å². The van der Waals surface area contributed by atoms with Gasteiger partial charge in [0.1, 0.15) is 0 Å². The lowest BCUT2D eigenvalue weighted by molar-refractivity contribution is 0.102. The summed E-state index contributed by atoms with van der Waals surface area (Å²) in [5.74, 6) is -0.128. The highest BCUT2D eigenvalue weighted by Gasteiger charge is 2.14. The van der Waals surface area contributed by atoms with E-state index in [0.29, 0.717) is 11.3 Å². The Bertz CT molecular complexity index is 876. The molecule has 0 aliphatic heterocycles. The van der Waals surface area contributed by atoms with E-state index in [1.165, 1.54) is 0 Å². The molecule has 0 atom stereocenters. The number of halogens is 2. The molecular weight excluding hydrogens is 469 g/mol. The fourth-order valence-corrected chi connectivity index (χ4v) is 3.11. The molecule has 0 unspecified atom stereocenters. The number of aryl methyl sites for hydroxylation is 1. The summed E-state index contributed by atoms with van der Waals surface area (Å²) in [6.45, 7) is 1.99. The molecule has 0 spiro atoms. The van der Waals surface area contributed by atoms with Gasteiger partial charge in [-0.2, -0.15) is 5.10 Å². The van der Waals surface area contributed by atoms with Gasteiger partial charge in [-0.05, 0) is 69.2 Å². The number of nitrogens with one attached hydrogen (secondary N) is 1. The number of amides is 1. The molecule has 0 bridgehead atoms.